The van der Waals surface area contributed by atoms with Crippen LogP contribution >= 0.6 is 0 Å². The molecule has 0 fully saturated rings. The molecule has 0 unspecified atom stereocenters. The van der Waals surface area contributed by atoms with Crippen molar-refractivity contribution in [2.45, 2.75) is 19.3 Å². The molecule has 0 amide bonds. The quantitative estimate of drug-likeness (QED) is 0.145. The SMILES string of the molecule is C1=C(c2ccc(N(c3ccccc3)c3ccc(C4=Cc5ccc(N(c6ccccc6)c6ccc(C7=Cc8ccccc8C7)cc6)cc5C4)cc3)cc2)Cc2ccccc21. The van der Waals surface area contributed by atoms with Crippen LogP contribution < -0.4 is 9.80 Å². The fraction of sp³-hybridized carbons (Fsp3) is 0.0526. The predicted molar refractivity (Wildman–Crippen MR) is 250 cm³/mol. The monoisotopic (exact) mass is 754 g/mol. The van der Waals surface area contributed by atoms with E-state index in [1.165, 1.54) is 72.5 Å². The third-order valence-electron chi connectivity index (χ3n) is 12.1. The molecule has 11 rings (SSSR count). The largest absolute Gasteiger partial charge is 0.311 e. The molecule has 2 nitrogen and oxygen atoms in total. The molecule has 0 saturated carbocycles. The number of benzene rings is 8. The summed E-state index contributed by atoms with van der Waals surface area (Å²) in [4.78, 5) is 4.73. The lowest BCUT2D eigenvalue weighted by molar-refractivity contribution is 1.24. The number of anilines is 6. The molecule has 0 atom stereocenters. The minimum Gasteiger partial charge on any atom is -0.311 e. The third kappa shape index (κ3) is 6.69. The van der Waals surface area contributed by atoms with E-state index in [0.29, 0.717) is 0 Å². The molecular weight excluding hydrogens is 713 g/mol. The number of fused-ring (bicyclic) bond motifs is 3. The van der Waals surface area contributed by atoms with Crippen LogP contribution in [0.2, 0.25) is 0 Å². The topological polar surface area (TPSA) is 6.48 Å². The maximum Gasteiger partial charge on any atom is 0.0464 e. The minimum absolute atomic E-state index is 0.891. The Morgan fingerprint density at radius 1 is 0.254 bits per heavy atom. The van der Waals surface area contributed by atoms with Crippen LogP contribution in [0.5, 0.6) is 0 Å². The Hall–Kier alpha value is -7.42. The first-order chi connectivity index (χ1) is 29.2. The van der Waals surface area contributed by atoms with Crippen molar-refractivity contribution >= 4 is 69.1 Å². The number of hydrogen-bond donors (Lipinski definition) is 0. The smallest absolute Gasteiger partial charge is 0.0464 e. The Morgan fingerprint density at radius 3 is 1.00 bits per heavy atom. The number of para-hydroxylation sites is 2. The summed E-state index contributed by atoms with van der Waals surface area (Å²) in [6.07, 6.45) is 9.89. The molecule has 0 spiro atoms. The van der Waals surface area contributed by atoms with E-state index >= 15 is 0 Å². The maximum atomic E-state index is 2.38. The summed E-state index contributed by atoms with van der Waals surface area (Å²) >= 11 is 0. The van der Waals surface area contributed by atoms with E-state index in [0.717, 1.165) is 47.7 Å². The van der Waals surface area contributed by atoms with E-state index in [1.54, 1.807) is 0 Å². The molecule has 0 bridgehead atoms. The van der Waals surface area contributed by atoms with Gasteiger partial charge in [-0.3, -0.25) is 0 Å². The molecule has 8 aromatic rings. The highest BCUT2D eigenvalue weighted by Gasteiger charge is 2.21. The molecule has 3 aliphatic carbocycles. The van der Waals surface area contributed by atoms with Gasteiger partial charge in [-0.05, 0) is 159 Å². The summed E-state index contributed by atoms with van der Waals surface area (Å²) in [5.74, 6) is 0. The lowest BCUT2D eigenvalue weighted by Crippen LogP contribution is -2.10. The lowest BCUT2D eigenvalue weighted by Gasteiger charge is -2.26. The van der Waals surface area contributed by atoms with Crippen molar-refractivity contribution in [2.24, 2.45) is 0 Å². The highest BCUT2D eigenvalue weighted by Crippen LogP contribution is 2.42. The minimum atomic E-state index is 0.891. The summed E-state index contributed by atoms with van der Waals surface area (Å²) in [6, 6.07) is 73.0. The molecule has 0 N–H and O–H groups in total. The molecule has 8 aromatic carbocycles. The van der Waals surface area contributed by atoms with Crippen molar-refractivity contribution in [1.29, 1.82) is 0 Å². The Labute approximate surface area is 347 Å². The van der Waals surface area contributed by atoms with E-state index < -0.39 is 0 Å². The second-order valence-electron chi connectivity index (χ2n) is 15.8. The van der Waals surface area contributed by atoms with E-state index in [-0.39, 0.29) is 0 Å². The number of allylic oxidation sites excluding steroid dienone is 3. The zero-order valence-corrected chi connectivity index (χ0v) is 32.8. The Morgan fingerprint density at radius 2 is 0.576 bits per heavy atom. The van der Waals surface area contributed by atoms with Crippen LogP contribution in [0.4, 0.5) is 34.1 Å². The standard InChI is InChI=1S/C57H42N2/c1-3-15-52(16-4-1)58(54-26-19-40(20-27-54)48-33-43-11-7-8-12-44(43)34-48)55-28-21-42(22-29-55)50-37-47-25-32-57(39-51(47)38-50)59(53-17-5-2-6-18-53)56-30-23-41(24-31-56)49-35-45-13-9-10-14-46(45)36-49/h1-33,35,37,39H,34,36,38H2. The van der Waals surface area contributed by atoms with Gasteiger partial charge in [0.25, 0.3) is 0 Å². The molecule has 0 saturated heterocycles. The molecule has 2 heteroatoms. The van der Waals surface area contributed by atoms with Crippen molar-refractivity contribution < 1.29 is 0 Å². The number of hydrogen-bond acceptors (Lipinski definition) is 2. The summed E-state index contributed by atoms with van der Waals surface area (Å²) in [5.41, 5.74) is 22.9. The van der Waals surface area contributed by atoms with Gasteiger partial charge >= 0.3 is 0 Å². The van der Waals surface area contributed by atoms with Gasteiger partial charge in [0.15, 0.2) is 0 Å². The maximum absolute atomic E-state index is 2.38. The predicted octanol–water partition coefficient (Wildman–Crippen LogP) is 14.9. The van der Waals surface area contributed by atoms with Crippen LogP contribution in [0.1, 0.15) is 50.1 Å². The van der Waals surface area contributed by atoms with Gasteiger partial charge in [-0.2, -0.15) is 0 Å². The van der Waals surface area contributed by atoms with Crippen molar-refractivity contribution in [3.05, 3.63) is 250 Å². The van der Waals surface area contributed by atoms with E-state index in [9.17, 15) is 0 Å². The molecule has 59 heavy (non-hydrogen) atoms. The fourth-order valence-corrected chi connectivity index (χ4v) is 9.11. The summed E-state index contributed by atoms with van der Waals surface area (Å²) in [5, 5.41) is 0. The van der Waals surface area contributed by atoms with Crippen LogP contribution in [-0.2, 0) is 19.3 Å². The first kappa shape index (κ1) is 34.8. The van der Waals surface area contributed by atoms with Crippen LogP contribution in [-0.4, -0.2) is 0 Å². The van der Waals surface area contributed by atoms with Crippen LogP contribution in [0.3, 0.4) is 0 Å². The van der Waals surface area contributed by atoms with Gasteiger partial charge in [0.1, 0.15) is 0 Å². The van der Waals surface area contributed by atoms with Crippen molar-refractivity contribution in [1.82, 2.24) is 0 Å². The Balaban J connectivity index is 0.843. The number of rotatable bonds is 9. The molecule has 0 aliphatic heterocycles. The van der Waals surface area contributed by atoms with E-state index in [1.807, 2.05) is 0 Å². The van der Waals surface area contributed by atoms with Gasteiger partial charge in [-0.1, -0.05) is 146 Å². The molecule has 3 aliphatic rings. The first-order valence-electron chi connectivity index (χ1n) is 20.6. The van der Waals surface area contributed by atoms with Gasteiger partial charge in [-0.25, -0.2) is 0 Å². The van der Waals surface area contributed by atoms with Crippen LogP contribution in [0.15, 0.2) is 200 Å². The van der Waals surface area contributed by atoms with Crippen LogP contribution in [0, 0.1) is 0 Å². The lowest BCUT2D eigenvalue weighted by atomic mass is 10.0. The average Bonchev–Trinajstić information content (AvgIpc) is 4.05. The summed E-state index contributed by atoms with van der Waals surface area (Å²) in [6.45, 7) is 0. The van der Waals surface area contributed by atoms with Gasteiger partial charge in [0, 0.05) is 34.1 Å². The molecular formula is C57H42N2. The van der Waals surface area contributed by atoms with Gasteiger partial charge in [0.05, 0.1) is 0 Å². The van der Waals surface area contributed by atoms with E-state index in [4.69, 9.17) is 0 Å². The molecule has 0 heterocycles. The summed E-state index contributed by atoms with van der Waals surface area (Å²) in [7, 11) is 0. The normalized spacial score (nSPS) is 13.5. The zero-order valence-electron chi connectivity index (χ0n) is 32.8. The Bertz CT molecular complexity index is 2920. The average molecular weight is 755 g/mol. The van der Waals surface area contributed by atoms with Gasteiger partial charge < -0.3 is 9.80 Å². The zero-order chi connectivity index (χ0) is 39.1. The molecule has 280 valence electrons. The fourth-order valence-electron chi connectivity index (χ4n) is 9.11. The molecule has 0 radical (unpaired) electrons. The van der Waals surface area contributed by atoms with Crippen molar-refractivity contribution in [3.8, 4) is 0 Å². The van der Waals surface area contributed by atoms with Crippen molar-refractivity contribution in [3.63, 3.8) is 0 Å². The van der Waals surface area contributed by atoms with E-state index in [2.05, 4.69) is 228 Å². The number of nitrogens with zero attached hydrogens (tertiary/aromatic N) is 2. The first-order valence-corrected chi connectivity index (χ1v) is 20.6. The second-order valence-corrected chi connectivity index (χ2v) is 15.8. The van der Waals surface area contributed by atoms with Gasteiger partial charge in [0.2, 0.25) is 0 Å². The van der Waals surface area contributed by atoms with Gasteiger partial charge in [-0.15, -0.1) is 0 Å². The highest BCUT2D eigenvalue weighted by molar-refractivity contribution is 5.93. The summed E-state index contributed by atoms with van der Waals surface area (Å²) < 4.78 is 0. The second kappa shape index (κ2) is 14.8. The highest BCUT2D eigenvalue weighted by atomic mass is 15.1. The Kier molecular flexibility index (Phi) is 8.74. The van der Waals surface area contributed by atoms with Crippen LogP contribution in [0.25, 0.3) is 34.9 Å². The molecule has 0 aromatic heterocycles. The van der Waals surface area contributed by atoms with Crippen molar-refractivity contribution in [2.75, 3.05) is 9.80 Å². The third-order valence-corrected chi connectivity index (χ3v) is 12.1.